The molecule has 0 unspecified atom stereocenters. The van der Waals surface area contributed by atoms with Crippen LogP contribution >= 0.6 is 11.6 Å². The number of carbonyl (C=O) groups excluding carboxylic acids is 1. The minimum absolute atomic E-state index is 0.0264. The molecule has 1 amide bonds. The Balaban J connectivity index is 1.55. The van der Waals surface area contributed by atoms with E-state index in [0.29, 0.717) is 29.4 Å². The SMILES string of the molecule is Cc1ccc(S(=O)(=O)Nc2ccc3c(c2)CN(C(=O)c2ccccc2)CC3)cc1Cl. The fourth-order valence-electron chi connectivity index (χ4n) is 3.51. The molecule has 4 rings (SSSR count). The van der Waals surface area contributed by atoms with Gasteiger partial charge in [0.25, 0.3) is 15.9 Å². The van der Waals surface area contributed by atoms with E-state index in [0.717, 1.165) is 23.1 Å². The number of hydrogen-bond acceptors (Lipinski definition) is 3. The van der Waals surface area contributed by atoms with Crippen molar-refractivity contribution < 1.29 is 13.2 Å². The first-order chi connectivity index (χ1) is 14.3. The first-order valence-electron chi connectivity index (χ1n) is 9.58. The number of nitrogens with zero attached hydrogens (tertiary/aromatic N) is 1. The molecule has 5 nitrogen and oxygen atoms in total. The van der Waals surface area contributed by atoms with Crippen molar-refractivity contribution in [2.45, 2.75) is 24.8 Å². The quantitative estimate of drug-likeness (QED) is 0.642. The van der Waals surface area contributed by atoms with Gasteiger partial charge < -0.3 is 4.90 Å². The van der Waals surface area contributed by atoms with Gasteiger partial charge in [-0.25, -0.2) is 8.42 Å². The van der Waals surface area contributed by atoms with Crippen LogP contribution in [0.4, 0.5) is 5.69 Å². The number of sulfonamides is 1. The number of hydrogen-bond donors (Lipinski definition) is 1. The van der Waals surface area contributed by atoms with E-state index in [1.54, 1.807) is 35.2 Å². The summed E-state index contributed by atoms with van der Waals surface area (Å²) in [6.07, 6.45) is 0.731. The molecule has 154 valence electrons. The predicted molar refractivity (Wildman–Crippen MR) is 118 cm³/mol. The fraction of sp³-hybridized carbons (Fsp3) is 0.174. The van der Waals surface area contributed by atoms with Crippen LogP contribution in [0, 0.1) is 6.92 Å². The Bertz CT molecular complexity index is 1210. The molecule has 0 atom stereocenters. The summed E-state index contributed by atoms with van der Waals surface area (Å²) >= 11 is 6.08. The Labute approximate surface area is 181 Å². The Kier molecular flexibility index (Phi) is 5.54. The maximum absolute atomic E-state index is 12.8. The number of amides is 1. The van der Waals surface area contributed by atoms with E-state index < -0.39 is 10.0 Å². The zero-order valence-corrected chi connectivity index (χ0v) is 18.0. The maximum Gasteiger partial charge on any atom is 0.261 e. The van der Waals surface area contributed by atoms with Crippen molar-refractivity contribution in [3.63, 3.8) is 0 Å². The molecule has 3 aromatic carbocycles. The largest absolute Gasteiger partial charge is 0.334 e. The van der Waals surface area contributed by atoms with E-state index in [1.165, 1.54) is 12.1 Å². The smallest absolute Gasteiger partial charge is 0.261 e. The van der Waals surface area contributed by atoms with Crippen molar-refractivity contribution in [1.29, 1.82) is 0 Å². The van der Waals surface area contributed by atoms with Crippen LogP contribution in [0.5, 0.6) is 0 Å². The van der Waals surface area contributed by atoms with Crippen molar-refractivity contribution in [2.24, 2.45) is 0 Å². The van der Waals surface area contributed by atoms with Crippen LogP contribution in [-0.2, 0) is 23.0 Å². The summed E-state index contributed by atoms with van der Waals surface area (Å²) in [6.45, 7) is 2.89. The molecule has 0 bridgehead atoms. The van der Waals surface area contributed by atoms with Crippen molar-refractivity contribution in [3.8, 4) is 0 Å². The van der Waals surface area contributed by atoms with Crippen LogP contribution in [-0.4, -0.2) is 25.8 Å². The van der Waals surface area contributed by atoms with Crippen LogP contribution in [0.25, 0.3) is 0 Å². The maximum atomic E-state index is 12.8. The van der Waals surface area contributed by atoms with Crippen LogP contribution in [0.1, 0.15) is 27.0 Å². The van der Waals surface area contributed by atoms with Gasteiger partial charge in [-0.05, 0) is 66.4 Å². The van der Waals surface area contributed by atoms with Crippen molar-refractivity contribution >= 4 is 33.2 Å². The number of rotatable bonds is 4. The minimum Gasteiger partial charge on any atom is -0.334 e. The summed E-state index contributed by atoms with van der Waals surface area (Å²) in [5.41, 5.74) is 3.97. The topological polar surface area (TPSA) is 66.5 Å². The van der Waals surface area contributed by atoms with E-state index in [-0.39, 0.29) is 10.8 Å². The van der Waals surface area contributed by atoms with E-state index in [4.69, 9.17) is 11.6 Å². The number of anilines is 1. The van der Waals surface area contributed by atoms with Gasteiger partial charge in [-0.2, -0.15) is 0 Å². The Morgan fingerprint density at radius 1 is 1.00 bits per heavy atom. The number of aryl methyl sites for hydroxylation is 1. The monoisotopic (exact) mass is 440 g/mol. The summed E-state index contributed by atoms with van der Waals surface area (Å²) in [5, 5.41) is 0.401. The van der Waals surface area contributed by atoms with Crippen LogP contribution in [0.3, 0.4) is 0 Å². The highest BCUT2D eigenvalue weighted by Crippen LogP contribution is 2.26. The van der Waals surface area contributed by atoms with Gasteiger partial charge in [0, 0.05) is 29.4 Å². The first-order valence-corrected chi connectivity index (χ1v) is 11.4. The van der Waals surface area contributed by atoms with Crippen molar-refractivity contribution in [3.05, 3.63) is 94.0 Å². The van der Waals surface area contributed by atoms with E-state index in [2.05, 4.69) is 4.72 Å². The highest BCUT2D eigenvalue weighted by molar-refractivity contribution is 7.92. The lowest BCUT2D eigenvalue weighted by molar-refractivity contribution is 0.0734. The summed E-state index contributed by atoms with van der Waals surface area (Å²) in [5.74, 6) is -0.0264. The van der Waals surface area contributed by atoms with Crippen molar-refractivity contribution in [2.75, 3.05) is 11.3 Å². The number of fused-ring (bicyclic) bond motifs is 1. The normalized spacial score (nSPS) is 13.6. The molecule has 0 aromatic heterocycles. The lowest BCUT2D eigenvalue weighted by atomic mass is 9.98. The molecule has 0 aliphatic carbocycles. The Hall–Kier alpha value is -2.83. The van der Waals surface area contributed by atoms with Crippen LogP contribution < -0.4 is 4.72 Å². The molecule has 1 aliphatic heterocycles. The van der Waals surface area contributed by atoms with Gasteiger partial charge >= 0.3 is 0 Å². The number of nitrogens with one attached hydrogen (secondary N) is 1. The van der Waals surface area contributed by atoms with Gasteiger partial charge in [-0.15, -0.1) is 0 Å². The molecule has 1 aliphatic rings. The second-order valence-electron chi connectivity index (χ2n) is 7.34. The zero-order chi connectivity index (χ0) is 21.3. The van der Waals surface area contributed by atoms with E-state index in [1.807, 2.05) is 31.2 Å². The number of halogens is 1. The van der Waals surface area contributed by atoms with Gasteiger partial charge in [0.2, 0.25) is 0 Å². The standard InChI is InChI=1S/C23H21ClN2O3S/c1-16-7-10-21(14-22(16)24)30(28,29)25-20-9-8-17-11-12-26(15-19(17)13-20)23(27)18-5-3-2-4-6-18/h2-10,13-14,25H,11-12,15H2,1H3. The molecule has 0 spiro atoms. The van der Waals surface area contributed by atoms with Gasteiger partial charge in [0.05, 0.1) is 4.90 Å². The van der Waals surface area contributed by atoms with Crippen LogP contribution in [0.15, 0.2) is 71.6 Å². The third-order valence-electron chi connectivity index (χ3n) is 5.23. The van der Waals surface area contributed by atoms with Gasteiger partial charge in [-0.1, -0.05) is 41.9 Å². The molecule has 0 fully saturated rings. The molecule has 0 saturated heterocycles. The predicted octanol–water partition coefficient (Wildman–Crippen LogP) is 4.65. The molecule has 7 heteroatoms. The lowest BCUT2D eigenvalue weighted by Crippen LogP contribution is -2.36. The fourth-order valence-corrected chi connectivity index (χ4v) is 4.83. The first kappa shape index (κ1) is 20.4. The summed E-state index contributed by atoms with van der Waals surface area (Å²) in [7, 11) is -3.77. The average molecular weight is 441 g/mol. The van der Waals surface area contributed by atoms with Gasteiger partial charge in [-0.3, -0.25) is 9.52 Å². The number of carbonyl (C=O) groups is 1. The second kappa shape index (κ2) is 8.13. The highest BCUT2D eigenvalue weighted by Gasteiger charge is 2.23. The molecular weight excluding hydrogens is 420 g/mol. The summed E-state index contributed by atoms with van der Waals surface area (Å²) < 4.78 is 28.1. The summed E-state index contributed by atoms with van der Waals surface area (Å²) in [6, 6.07) is 19.3. The van der Waals surface area contributed by atoms with E-state index in [9.17, 15) is 13.2 Å². The molecular formula is C23H21ClN2O3S. The molecule has 30 heavy (non-hydrogen) atoms. The average Bonchev–Trinajstić information content (AvgIpc) is 2.75. The highest BCUT2D eigenvalue weighted by atomic mass is 35.5. The minimum atomic E-state index is -3.77. The molecule has 3 aromatic rings. The number of benzene rings is 3. The molecule has 1 heterocycles. The van der Waals surface area contributed by atoms with Gasteiger partial charge in [0.15, 0.2) is 0 Å². The third-order valence-corrected chi connectivity index (χ3v) is 7.02. The third kappa shape index (κ3) is 4.20. The Morgan fingerprint density at radius 3 is 2.50 bits per heavy atom. The zero-order valence-electron chi connectivity index (χ0n) is 16.4. The Morgan fingerprint density at radius 2 is 1.77 bits per heavy atom. The summed E-state index contributed by atoms with van der Waals surface area (Å²) in [4.78, 5) is 14.7. The second-order valence-corrected chi connectivity index (χ2v) is 9.43. The van der Waals surface area contributed by atoms with Crippen LogP contribution in [0.2, 0.25) is 5.02 Å². The molecule has 0 saturated carbocycles. The molecule has 0 radical (unpaired) electrons. The molecule has 1 N–H and O–H groups in total. The van der Waals surface area contributed by atoms with Crippen molar-refractivity contribution in [1.82, 2.24) is 4.90 Å². The lowest BCUT2D eigenvalue weighted by Gasteiger charge is -2.29. The van der Waals surface area contributed by atoms with Gasteiger partial charge in [0.1, 0.15) is 0 Å². The van der Waals surface area contributed by atoms with E-state index >= 15 is 0 Å².